The Labute approximate surface area is 125 Å². The summed E-state index contributed by atoms with van der Waals surface area (Å²) in [6.45, 7) is 6.60. The Hall–Kier alpha value is -1.59. The molecule has 1 saturated heterocycles. The molecular formula is C16H23NO4. The smallest absolute Gasteiger partial charge is 0.408 e. The lowest BCUT2D eigenvalue weighted by molar-refractivity contribution is -0.0682. The van der Waals surface area contributed by atoms with Crippen LogP contribution in [0.25, 0.3) is 0 Å². The van der Waals surface area contributed by atoms with Gasteiger partial charge in [-0.2, -0.15) is 0 Å². The normalized spacial score (nSPS) is 17.5. The zero-order chi connectivity index (χ0) is 15.3. The van der Waals surface area contributed by atoms with Gasteiger partial charge >= 0.3 is 6.09 Å². The first-order chi connectivity index (χ1) is 9.94. The summed E-state index contributed by atoms with van der Waals surface area (Å²) in [4.78, 5) is 12.0. The van der Waals surface area contributed by atoms with Crippen LogP contribution in [0.4, 0.5) is 4.79 Å². The highest BCUT2D eigenvalue weighted by molar-refractivity contribution is 5.68. The molecule has 1 amide bonds. The first-order valence-corrected chi connectivity index (χ1v) is 7.21. The fraction of sp³-hybridized carbons (Fsp3) is 0.562. The van der Waals surface area contributed by atoms with E-state index in [-0.39, 0.29) is 6.04 Å². The molecule has 1 aromatic rings. The number of ether oxygens (including phenoxy) is 3. The van der Waals surface area contributed by atoms with Crippen molar-refractivity contribution in [2.45, 2.75) is 45.1 Å². The van der Waals surface area contributed by atoms with Crippen LogP contribution < -0.4 is 5.32 Å². The van der Waals surface area contributed by atoms with Crippen molar-refractivity contribution in [3.05, 3.63) is 35.9 Å². The molecule has 116 valence electrons. The predicted octanol–water partition coefficient (Wildman–Crippen LogP) is 2.50. The summed E-state index contributed by atoms with van der Waals surface area (Å²) in [5.74, 6) is 0. The molecule has 0 unspecified atom stereocenters. The molecule has 0 radical (unpaired) electrons. The lowest BCUT2D eigenvalue weighted by atomic mass is 10.1. The van der Waals surface area contributed by atoms with Crippen LogP contribution in [0.3, 0.4) is 0 Å². The van der Waals surface area contributed by atoms with Crippen LogP contribution in [0.1, 0.15) is 26.3 Å². The van der Waals surface area contributed by atoms with Gasteiger partial charge in [0.25, 0.3) is 0 Å². The molecule has 1 fully saturated rings. The van der Waals surface area contributed by atoms with Gasteiger partial charge in [-0.25, -0.2) is 4.79 Å². The van der Waals surface area contributed by atoms with E-state index in [1.54, 1.807) is 0 Å². The SMILES string of the molecule is CC(C)(C)OC(=O)N[C@@H](Cc1ccccc1)C1OCCO1. The van der Waals surface area contributed by atoms with Gasteiger partial charge in [-0.15, -0.1) is 0 Å². The number of alkyl carbamates (subject to hydrolysis) is 1. The Morgan fingerprint density at radius 2 is 1.90 bits per heavy atom. The molecule has 1 aliphatic rings. The van der Waals surface area contributed by atoms with Crippen molar-refractivity contribution in [1.82, 2.24) is 5.32 Å². The van der Waals surface area contributed by atoms with Crippen LogP contribution in [0, 0.1) is 0 Å². The number of hydrogen-bond donors (Lipinski definition) is 1. The quantitative estimate of drug-likeness (QED) is 0.926. The molecule has 1 N–H and O–H groups in total. The second kappa shape index (κ2) is 6.91. The maximum absolute atomic E-state index is 12.0. The summed E-state index contributed by atoms with van der Waals surface area (Å²) in [5.41, 5.74) is 0.580. The summed E-state index contributed by atoms with van der Waals surface area (Å²) < 4.78 is 16.4. The summed E-state index contributed by atoms with van der Waals surface area (Å²) in [7, 11) is 0. The minimum atomic E-state index is -0.529. The van der Waals surface area contributed by atoms with Gasteiger partial charge in [-0.3, -0.25) is 0 Å². The fourth-order valence-corrected chi connectivity index (χ4v) is 2.15. The van der Waals surface area contributed by atoms with Gasteiger partial charge in [0.05, 0.1) is 19.3 Å². The van der Waals surface area contributed by atoms with Crippen molar-refractivity contribution in [2.75, 3.05) is 13.2 Å². The summed E-state index contributed by atoms with van der Waals surface area (Å²) >= 11 is 0. The number of rotatable bonds is 4. The summed E-state index contributed by atoms with van der Waals surface area (Å²) in [6.07, 6.45) is -0.259. The van der Waals surface area contributed by atoms with Gasteiger partial charge < -0.3 is 19.5 Å². The molecule has 0 saturated carbocycles. The molecule has 1 atom stereocenters. The van der Waals surface area contributed by atoms with E-state index in [1.807, 2.05) is 51.1 Å². The van der Waals surface area contributed by atoms with E-state index in [0.717, 1.165) is 5.56 Å². The molecule has 0 aliphatic carbocycles. The van der Waals surface area contributed by atoms with E-state index < -0.39 is 18.0 Å². The van der Waals surface area contributed by atoms with Gasteiger partial charge in [-0.1, -0.05) is 30.3 Å². The van der Waals surface area contributed by atoms with Crippen molar-refractivity contribution >= 4 is 6.09 Å². The van der Waals surface area contributed by atoms with Gasteiger partial charge in [0.1, 0.15) is 5.60 Å². The van der Waals surface area contributed by atoms with Crippen LogP contribution in [0.15, 0.2) is 30.3 Å². The second-order valence-electron chi connectivity index (χ2n) is 6.05. The average Bonchev–Trinajstić information content (AvgIpc) is 2.90. The maximum atomic E-state index is 12.0. The van der Waals surface area contributed by atoms with Gasteiger partial charge in [0.15, 0.2) is 6.29 Å². The van der Waals surface area contributed by atoms with E-state index in [9.17, 15) is 4.79 Å². The Morgan fingerprint density at radius 3 is 2.48 bits per heavy atom. The standard InChI is InChI=1S/C16H23NO4/c1-16(2,3)21-15(18)17-13(14-19-9-10-20-14)11-12-7-5-4-6-8-12/h4-8,13-14H,9-11H2,1-3H3,(H,17,18)/t13-/m0/s1. The maximum Gasteiger partial charge on any atom is 0.408 e. The number of amides is 1. The second-order valence-corrected chi connectivity index (χ2v) is 6.05. The molecule has 0 bridgehead atoms. The van der Waals surface area contributed by atoms with Crippen LogP contribution in [0.2, 0.25) is 0 Å². The molecule has 2 rings (SSSR count). The van der Waals surface area contributed by atoms with Crippen LogP contribution in [-0.4, -0.2) is 37.2 Å². The highest BCUT2D eigenvalue weighted by atomic mass is 16.7. The number of nitrogens with one attached hydrogen (secondary N) is 1. The Kier molecular flexibility index (Phi) is 5.20. The molecule has 1 heterocycles. The van der Waals surface area contributed by atoms with Crippen molar-refractivity contribution < 1.29 is 19.0 Å². The van der Waals surface area contributed by atoms with E-state index >= 15 is 0 Å². The minimum absolute atomic E-state index is 0.273. The zero-order valence-corrected chi connectivity index (χ0v) is 12.8. The first kappa shape index (κ1) is 15.8. The third-order valence-corrected chi connectivity index (χ3v) is 2.98. The van der Waals surface area contributed by atoms with Crippen molar-refractivity contribution in [3.8, 4) is 0 Å². The van der Waals surface area contributed by atoms with Crippen molar-refractivity contribution in [1.29, 1.82) is 0 Å². The van der Waals surface area contributed by atoms with E-state index in [1.165, 1.54) is 0 Å². The lowest BCUT2D eigenvalue weighted by Gasteiger charge is -2.26. The number of carbonyl (C=O) groups excluding carboxylic acids is 1. The monoisotopic (exact) mass is 293 g/mol. The third-order valence-electron chi connectivity index (χ3n) is 2.98. The summed E-state index contributed by atoms with van der Waals surface area (Å²) in [6, 6.07) is 9.65. The zero-order valence-electron chi connectivity index (χ0n) is 12.8. The highest BCUT2D eigenvalue weighted by Gasteiger charge is 2.30. The van der Waals surface area contributed by atoms with Crippen molar-refractivity contribution in [3.63, 3.8) is 0 Å². The average molecular weight is 293 g/mol. The molecule has 21 heavy (non-hydrogen) atoms. The van der Waals surface area contributed by atoms with Crippen LogP contribution >= 0.6 is 0 Å². The predicted molar refractivity (Wildman–Crippen MR) is 79.0 cm³/mol. The van der Waals surface area contributed by atoms with Crippen LogP contribution in [0.5, 0.6) is 0 Å². The molecule has 1 aromatic carbocycles. The van der Waals surface area contributed by atoms with Gasteiger partial charge in [0, 0.05) is 0 Å². The fourth-order valence-electron chi connectivity index (χ4n) is 2.15. The van der Waals surface area contributed by atoms with E-state index in [2.05, 4.69) is 5.32 Å². The van der Waals surface area contributed by atoms with Crippen LogP contribution in [-0.2, 0) is 20.6 Å². The Balaban J connectivity index is 2.00. The van der Waals surface area contributed by atoms with E-state index in [0.29, 0.717) is 19.6 Å². The minimum Gasteiger partial charge on any atom is -0.444 e. The molecule has 0 spiro atoms. The number of hydrogen-bond acceptors (Lipinski definition) is 4. The molecule has 5 nitrogen and oxygen atoms in total. The Morgan fingerprint density at radius 1 is 1.29 bits per heavy atom. The third kappa shape index (κ3) is 5.36. The van der Waals surface area contributed by atoms with E-state index in [4.69, 9.17) is 14.2 Å². The Bertz CT molecular complexity index is 449. The molecule has 1 aliphatic heterocycles. The highest BCUT2D eigenvalue weighted by Crippen LogP contribution is 2.15. The largest absolute Gasteiger partial charge is 0.444 e. The lowest BCUT2D eigenvalue weighted by Crippen LogP contribution is -2.47. The first-order valence-electron chi connectivity index (χ1n) is 7.21. The topological polar surface area (TPSA) is 56.8 Å². The van der Waals surface area contributed by atoms with Gasteiger partial charge in [0.2, 0.25) is 0 Å². The molecule has 5 heteroatoms. The molecular weight excluding hydrogens is 270 g/mol. The summed E-state index contributed by atoms with van der Waals surface area (Å²) in [5, 5.41) is 2.85. The number of carbonyl (C=O) groups is 1. The van der Waals surface area contributed by atoms with Crippen molar-refractivity contribution in [2.24, 2.45) is 0 Å². The van der Waals surface area contributed by atoms with Gasteiger partial charge in [-0.05, 0) is 32.8 Å². The number of benzene rings is 1. The molecule has 0 aromatic heterocycles.